The number of ether oxygens (including phenoxy) is 3. The molecule has 0 aliphatic carbocycles. The van der Waals surface area contributed by atoms with Gasteiger partial charge in [0.05, 0.1) is 13.7 Å². The molecule has 0 spiro atoms. The molecule has 0 radical (unpaired) electrons. The van der Waals surface area contributed by atoms with Gasteiger partial charge < -0.3 is 19.1 Å². The number of aryl methyl sites for hydroxylation is 1. The zero-order valence-corrected chi connectivity index (χ0v) is 16.3. The first-order valence-electron chi connectivity index (χ1n) is 9.60. The van der Waals surface area contributed by atoms with E-state index in [1.54, 1.807) is 7.11 Å². The minimum absolute atomic E-state index is 0.0664. The molecule has 3 aromatic carbocycles. The predicted octanol–water partition coefficient (Wildman–Crippen LogP) is 4.59. The molecule has 0 unspecified atom stereocenters. The van der Waals surface area contributed by atoms with E-state index in [0.29, 0.717) is 19.4 Å². The molecule has 5 nitrogen and oxygen atoms in total. The number of rotatable bonds is 7. The zero-order valence-electron chi connectivity index (χ0n) is 16.3. The largest absolute Gasteiger partial charge is 0.497 e. The Morgan fingerprint density at radius 2 is 1.69 bits per heavy atom. The normalized spacial score (nSPS) is 11.9. The summed E-state index contributed by atoms with van der Waals surface area (Å²) in [4.78, 5) is 15.0. The number of carbonyl (C=O) groups is 1. The molecule has 0 fully saturated rings. The zero-order chi connectivity index (χ0) is 20.1. The molecular formula is C24H23NO4. The molecule has 1 aliphatic rings. The van der Waals surface area contributed by atoms with Gasteiger partial charge in [-0.15, -0.1) is 0 Å². The SMILES string of the molecule is COc1ccc(N(Cc2ccccc2)C(=O)CCc2ccc3c(c2)OCO3)cc1. The minimum Gasteiger partial charge on any atom is -0.497 e. The van der Waals surface area contributed by atoms with Crippen molar-refractivity contribution in [1.29, 1.82) is 0 Å². The van der Waals surface area contributed by atoms with Gasteiger partial charge in [-0.3, -0.25) is 4.79 Å². The second-order valence-electron chi connectivity index (χ2n) is 6.85. The number of anilines is 1. The van der Waals surface area contributed by atoms with Gasteiger partial charge in [-0.25, -0.2) is 0 Å². The summed E-state index contributed by atoms with van der Waals surface area (Å²) in [5.74, 6) is 2.33. The van der Waals surface area contributed by atoms with Crippen molar-refractivity contribution in [2.45, 2.75) is 19.4 Å². The Kier molecular flexibility index (Phi) is 5.66. The number of hydrogen-bond acceptors (Lipinski definition) is 4. The summed E-state index contributed by atoms with van der Waals surface area (Å²) in [6.45, 7) is 0.771. The smallest absolute Gasteiger partial charge is 0.231 e. The van der Waals surface area contributed by atoms with Gasteiger partial charge in [0.2, 0.25) is 12.7 Å². The van der Waals surface area contributed by atoms with E-state index in [9.17, 15) is 4.79 Å². The van der Waals surface area contributed by atoms with E-state index in [0.717, 1.165) is 34.1 Å². The van der Waals surface area contributed by atoms with Crippen LogP contribution in [0.2, 0.25) is 0 Å². The molecule has 4 rings (SSSR count). The van der Waals surface area contributed by atoms with Gasteiger partial charge in [0.15, 0.2) is 11.5 Å². The van der Waals surface area contributed by atoms with E-state index >= 15 is 0 Å². The Hall–Kier alpha value is -3.47. The molecule has 0 atom stereocenters. The lowest BCUT2D eigenvalue weighted by atomic mass is 10.1. The summed E-state index contributed by atoms with van der Waals surface area (Å²) >= 11 is 0. The Balaban J connectivity index is 1.50. The lowest BCUT2D eigenvalue weighted by molar-refractivity contribution is -0.118. The van der Waals surface area contributed by atoms with Gasteiger partial charge in [-0.1, -0.05) is 36.4 Å². The van der Waals surface area contributed by atoms with Crippen LogP contribution in [0.15, 0.2) is 72.8 Å². The van der Waals surface area contributed by atoms with E-state index in [-0.39, 0.29) is 12.7 Å². The van der Waals surface area contributed by atoms with Crippen LogP contribution in [0, 0.1) is 0 Å². The van der Waals surface area contributed by atoms with Gasteiger partial charge in [0.25, 0.3) is 0 Å². The van der Waals surface area contributed by atoms with Gasteiger partial charge in [0, 0.05) is 12.1 Å². The Morgan fingerprint density at radius 1 is 0.931 bits per heavy atom. The summed E-state index contributed by atoms with van der Waals surface area (Å²) in [7, 11) is 1.63. The first kappa shape index (κ1) is 18.9. The van der Waals surface area contributed by atoms with Crippen molar-refractivity contribution >= 4 is 11.6 Å². The van der Waals surface area contributed by atoms with Gasteiger partial charge >= 0.3 is 0 Å². The molecule has 5 heteroatoms. The monoisotopic (exact) mass is 389 g/mol. The maximum absolute atomic E-state index is 13.1. The molecule has 3 aromatic rings. The van der Waals surface area contributed by atoms with Crippen LogP contribution in [-0.2, 0) is 17.8 Å². The second kappa shape index (κ2) is 8.69. The lowest BCUT2D eigenvalue weighted by Gasteiger charge is -2.23. The third kappa shape index (κ3) is 4.51. The highest BCUT2D eigenvalue weighted by molar-refractivity contribution is 5.93. The maximum Gasteiger partial charge on any atom is 0.231 e. The van der Waals surface area contributed by atoms with E-state index in [1.807, 2.05) is 77.7 Å². The Morgan fingerprint density at radius 3 is 2.45 bits per heavy atom. The average Bonchev–Trinajstić information content (AvgIpc) is 3.24. The first-order valence-corrected chi connectivity index (χ1v) is 9.60. The number of nitrogens with zero attached hydrogens (tertiary/aromatic N) is 1. The number of amides is 1. The topological polar surface area (TPSA) is 48.0 Å². The van der Waals surface area contributed by atoms with Crippen molar-refractivity contribution in [3.8, 4) is 17.2 Å². The average molecular weight is 389 g/mol. The molecule has 0 saturated heterocycles. The molecule has 0 aromatic heterocycles. The summed E-state index contributed by atoms with van der Waals surface area (Å²) in [6.07, 6.45) is 1.04. The predicted molar refractivity (Wildman–Crippen MR) is 112 cm³/mol. The molecule has 29 heavy (non-hydrogen) atoms. The number of benzene rings is 3. The van der Waals surface area contributed by atoms with E-state index in [1.165, 1.54) is 0 Å². The van der Waals surface area contributed by atoms with Crippen molar-refractivity contribution in [2.24, 2.45) is 0 Å². The first-order chi connectivity index (χ1) is 14.2. The fourth-order valence-electron chi connectivity index (χ4n) is 3.33. The minimum atomic E-state index is 0.0664. The third-order valence-electron chi connectivity index (χ3n) is 4.93. The molecule has 0 N–H and O–H groups in total. The second-order valence-corrected chi connectivity index (χ2v) is 6.85. The van der Waals surface area contributed by atoms with Crippen molar-refractivity contribution in [3.63, 3.8) is 0 Å². The van der Waals surface area contributed by atoms with Crippen molar-refractivity contribution in [1.82, 2.24) is 0 Å². The lowest BCUT2D eigenvalue weighted by Crippen LogP contribution is -2.30. The highest BCUT2D eigenvalue weighted by atomic mass is 16.7. The Bertz CT molecular complexity index is 970. The number of methoxy groups -OCH3 is 1. The fourth-order valence-corrected chi connectivity index (χ4v) is 3.33. The summed E-state index contributed by atoms with van der Waals surface area (Å²) < 4.78 is 16.0. The summed E-state index contributed by atoms with van der Waals surface area (Å²) in [5.41, 5.74) is 2.99. The number of carbonyl (C=O) groups excluding carboxylic acids is 1. The van der Waals surface area contributed by atoms with Crippen molar-refractivity contribution < 1.29 is 19.0 Å². The van der Waals surface area contributed by atoms with Gasteiger partial charge in [0.1, 0.15) is 5.75 Å². The van der Waals surface area contributed by atoms with Crippen LogP contribution in [0.1, 0.15) is 17.5 Å². The van der Waals surface area contributed by atoms with Crippen LogP contribution in [0.5, 0.6) is 17.2 Å². The van der Waals surface area contributed by atoms with Crippen LogP contribution in [-0.4, -0.2) is 19.8 Å². The van der Waals surface area contributed by atoms with Gasteiger partial charge in [-0.05, 0) is 53.9 Å². The Labute approximate surface area is 170 Å². The van der Waals surface area contributed by atoms with Crippen molar-refractivity contribution in [2.75, 3.05) is 18.8 Å². The third-order valence-corrected chi connectivity index (χ3v) is 4.93. The number of fused-ring (bicyclic) bond motifs is 1. The molecular weight excluding hydrogens is 366 g/mol. The van der Waals surface area contributed by atoms with E-state index < -0.39 is 0 Å². The number of hydrogen-bond donors (Lipinski definition) is 0. The summed E-state index contributed by atoms with van der Waals surface area (Å²) in [6, 6.07) is 23.4. The molecule has 0 bridgehead atoms. The van der Waals surface area contributed by atoms with Crippen LogP contribution < -0.4 is 19.1 Å². The summed E-state index contributed by atoms with van der Waals surface area (Å²) in [5, 5.41) is 0. The highest BCUT2D eigenvalue weighted by Gasteiger charge is 2.18. The molecule has 0 saturated carbocycles. The van der Waals surface area contributed by atoms with Crippen LogP contribution >= 0.6 is 0 Å². The van der Waals surface area contributed by atoms with Crippen LogP contribution in [0.4, 0.5) is 5.69 Å². The van der Waals surface area contributed by atoms with Crippen molar-refractivity contribution in [3.05, 3.63) is 83.9 Å². The highest BCUT2D eigenvalue weighted by Crippen LogP contribution is 2.33. The van der Waals surface area contributed by atoms with E-state index in [2.05, 4.69) is 0 Å². The molecule has 1 aliphatic heterocycles. The van der Waals surface area contributed by atoms with Gasteiger partial charge in [-0.2, -0.15) is 0 Å². The van der Waals surface area contributed by atoms with E-state index in [4.69, 9.17) is 14.2 Å². The standard InChI is InChI=1S/C24H23NO4/c1-27-21-11-9-20(10-12-21)25(16-19-5-3-2-4-6-19)24(26)14-8-18-7-13-22-23(15-18)29-17-28-22/h2-7,9-13,15H,8,14,16-17H2,1H3. The quantitative estimate of drug-likeness (QED) is 0.593. The van der Waals surface area contributed by atoms with Crippen LogP contribution in [0.3, 0.4) is 0 Å². The maximum atomic E-state index is 13.1. The fraction of sp³-hybridized carbons (Fsp3) is 0.208. The van der Waals surface area contributed by atoms with Crippen LogP contribution in [0.25, 0.3) is 0 Å². The molecule has 1 amide bonds. The molecule has 1 heterocycles. The molecule has 148 valence electrons.